The Kier molecular flexibility index (Phi) is 4.21. The van der Waals surface area contributed by atoms with Gasteiger partial charge in [0.15, 0.2) is 5.82 Å². The van der Waals surface area contributed by atoms with Crippen LogP contribution < -0.4 is 5.43 Å². The minimum atomic E-state index is -4.86. The summed E-state index contributed by atoms with van der Waals surface area (Å²) in [6.45, 7) is 0. The van der Waals surface area contributed by atoms with Crippen molar-refractivity contribution in [1.29, 1.82) is 0 Å². The van der Waals surface area contributed by atoms with Crippen molar-refractivity contribution in [1.82, 2.24) is 25.2 Å². The van der Waals surface area contributed by atoms with Crippen LogP contribution in [0.25, 0.3) is 0 Å². The number of alkyl halides is 3. The van der Waals surface area contributed by atoms with Crippen molar-refractivity contribution in [3.8, 4) is 0 Å². The van der Waals surface area contributed by atoms with Crippen LogP contribution in [0.15, 0.2) is 23.4 Å². The zero-order chi connectivity index (χ0) is 16.3. The van der Waals surface area contributed by atoms with Crippen LogP contribution in [0.2, 0.25) is 5.02 Å². The minimum absolute atomic E-state index is 0.000855. The van der Waals surface area contributed by atoms with E-state index in [9.17, 15) is 18.0 Å². The second kappa shape index (κ2) is 5.93. The number of anilines is 1. The number of aromatic nitrogens is 5. The van der Waals surface area contributed by atoms with Crippen LogP contribution in [-0.4, -0.2) is 42.1 Å². The molecule has 0 aromatic carbocycles. The highest BCUT2D eigenvalue weighted by Crippen LogP contribution is 2.24. The molecule has 0 bridgehead atoms. The Bertz CT molecular complexity index is 730. The van der Waals surface area contributed by atoms with E-state index in [1.54, 1.807) is 0 Å². The number of hydrogen-bond acceptors (Lipinski definition) is 7. The number of tetrazole rings is 1. The molecule has 0 unspecified atom stereocenters. The summed E-state index contributed by atoms with van der Waals surface area (Å²) in [7, 11) is 0. The largest absolute Gasteiger partial charge is 0.475 e. The molecule has 0 atom stereocenters. The number of carboxylic acids is 1. The number of pyridine rings is 1. The molecule has 0 spiro atoms. The van der Waals surface area contributed by atoms with E-state index in [0.717, 1.165) is 0 Å². The van der Waals surface area contributed by atoms with Crippen LogP contribution in [0.3, 0.4) is 0 Å². The number of rotatable bonds is 2. The fourth-order valence-electron chi connectivity index (χ4n) is 1.17. The molecule has 2 aromatic rings. The summed E-state index contributed by atoms with van der Waals surface area (Å²) >= 11 is 5.76. The number of carboxylic acid groups (broad SMARTS) is 1. The number of nitrogens with zero attached hydrogens (tertiary/aromatic N) is 6. The first kappa shape index (κ1) is 15.6. The lowest BCUT2D eigenvalue weighted by molar-refractivity contribution is -0.145. The van der Waals surface area contributed by atoms with Crippen LogP contribution in [0.5, 0.6) is 0 Å². The topological polar surface area (TPSA) is 118 Å². The third-order valence-corrected chi connectivity index (χ3v) is 2.38. The molecule has 2 aromatic heterocycles. The third kappa shape index (κ3) is 3.46. The summed E-state index contributed by atoms with van der Waals surface area (Å²) in [5, 5.41) is 21.0. The zero-order valence-electron chi connectivity index (χ0n) is 10.3. The first-order chi connectivity index (χ1) is 10.3. The summed E-state index contributed by atoms with van der Waals surface area (Å²) in [5.74, 6) is -4.24. The van der Waals surface area contributed by atoms with E-state index in [-0.39, 0.29) is 15.6 Å². The lowest BCUT2D eigenvalue weighted by atomic mass is 10.5. The van der Waals surface area contributed by atoms with Crippen LogP contribution >= 0.6 is 11.6 Å². The predicted octanol–water partition coefficient (Wildman–Crippen LogP) is 1.10. The van der Waals surface area contributed by atoms with Crippen LogP contribution in [0, 0.1) is 0 Å². The van der Waals surface area contributed by atoms with Gasteiger partial charge < -0.3 is 5.11 Å². The second-order valence-electron chi connectivity index (χ2n) is 3.59. The van der Waals surface area contributed by atoms with Crippen LogP contribution in [-0.2, 0) is 11.0 Å². The Morgan fingerprint density at radius 2 is 2.18 bits per heavy atom. The molecule has 2 rings (SSSR count). The van der Waals surface area contributed by atoms with Gasteiger partial charge in [-0.05, 0) is 17.3 Å². The van der Waals surface area contributed by atoms with E-state index in [1.807, 2.05) is 0 Å². The van der Waals surface area contributed by atoms with Gasteiger partial charge in [-0.1, -0.05) is 11.6 Å². The average Bonchev–Trinajstić information content (AvgIpc) is 2.90. The van der Waals surface area contributed by atoms with Crippen molar-refractivity contribution < 1.29 is 23.1 Å². The van der Waals surface area contributed by atoms with Crippen molar-refractivity contribution in [3.63, 3.8) is 0 Å². The monoisotopic (exact) mass is 335 g/mol. The second-order valence-corrected chi connectivity index (χ2v) is 3.99. The standard InChI is InChI=1S/C9H5ClF3N7O2/c10-4-2-1-3-14-5(4)15-16-6(7(21)22)20-18-8(17-19-20)9(11,12)13/h1-3H,(H,14,15)(H,21,22)/b16-6+. The number of halogens is 4. The maximum absolute atomic E-state index is 12.4. The smallest absolute Gasteiger partial charge is 0.455 e. The van der Waals surface area contributed by atoms with Crippen molar-refractivity contribution >= 4 is 29.2 Å². The van der Waals surface area contributed by atoms with Gasteiger partial charge in [0.05, 0.1) is 5.02 Å². The molecule has 22 heavy (non-hydrogen) atoms. The van der Waals surface area contributed by atoms with Gasteiger partial charge in [-0.15, -0.1) is 20.1 Å². The molecule has 0 aliphatic rings. The molecule has 2 N–H and O–H groups in total. The van der Waals surface area contributed by atoms with Gasteiger partial charge in [-0.25, -0.2) is 9.78 Å². The maximum atomic E-state index is 12.4. The van der Waals surface area contributed by atoms with E-state index < -0.39 is 23.8 Å². The molecule has 0 amide bonds. The Morgan fingerprint density at radius 1 is 1.45 bits per heavy atom. The van der Waals surface area contributed by atoms with Gasteiger partial charge in [0.1, 0.15) is 0 Å². The van der Waals surface area contributed by atoms with Crippen LogP contribution in [0.4, 0.5) is 19.0 Å². The molecule has 116 valence electrons. The normalized spacial score (nSPS) is 12.3. The first-order valence-electron chi connectivity index (χ1n) is 5.34. The summed E-state index contributed by atoms with van der Waals surface area (Å²) in [5.41, 5.74) is 2.20. The van der Waals surface area contributed by atoms with Crippen molar-refractivity contribution in [2.24, 2.45) is 5.10 Å². The molecule has 13 heteroatoms. The van der Waals surface area contributed by atoms with E-state index in [1.165, 1.54) is 18.3 Å². The van der Waals surface area contributed by atoms with Crippen molar-refractivity contribution in [3.05, 3.63) is 29.2 Å². The SMILES string of the molecule is O=C(O)/C(=N\Nc1ncccc1Cl)n1nnc(C(F)(F)F)n1. The van der Waals surface area contributed by atoms with Gasteiger partial charge in [0, 0.05) is 6.20 Å². The minimum Gasteiger partial charge on any atom is -0.475 e. The summed E-state index contributed by atoms with van der Waals surface area (Å²) in [6, 6.07) is 2.96. The maximum Gasteiger partial charge on any atom is 0.455 e. The number of hydrazone groups is 1. The molecule has 0 radical (unpaired) electrons. The number of nitrogens with one attached hydrogen (secondary N) is 1. The van der Waals surface area contributed by atoms with Crippen molar-refractivity contribution in [2.45, 2.75) is 6.18 Å². The molecule has 0 fully saturated rings. The molecular formula is C9H5ClF3N7O2. The fraction of sp³-hybridized carbons (Fsp3) is 0.111. The molecule has 9 nitrogen and oxygen atoms in total. The van der Waals surface area contributed by atoms with Gasteiger partial charge in [-0.3, -0.25) is 5.43 Å². The van der Waals surface area contributed by atoms with E-state index in [0.29, 0.717) is 0 Å². The number of carbonyl (C=O) groups is 1. The Morgan fingerprint density at radius 3 is 2.73 bits per heavy atom. The molecule has 0 aliphatic carbocycles. The van der Waals surface area contributed by atoms with Gasteiger partial charge in [0.2, 0.25) is 0 Å². The zero-order valence-corrected chi connectivity index (χ0v) is 11.0. The lowest BCUT2D eigenvalue weighted by Crippen LogP contribution is -2.26. The Balaban J connectivity index is 2.31. The molecular weight excluding hydrogens is 331 g/mol. The predicted molar refractivity (Wildman–Crippen MR) is 66.2 cm³/mol. The van der Waals surface area contributed by atoms with Gasteiger partial charge in [-0.2, -0.15) is 13.2 Å². The number of hydrogen-bond donors (Lipinski definition) is 2. The van der Waals surface area contributed by atoms with E-state index >= 15 is 0 Å². The fourth-order valence-corrected chi connectivity index (χ4v) is 1.33. The first-order valence-corrected chi connectivity index (χ1v) is 5.72. The molecule has 0 saturated heterocycles. The summed E-state index contributed by atoms with van der Waals surface area (Å²) in [4.78, 5) is 14.9. The van der Waals surface area contributed by atoms with Crippen molar-refractivity contribution in [2.75, 3.05) is 5.43 Å². The van der Waals surface area contributed by atoms with Gasteiger partial charge >= 0.3 is 12.1 Å². The van der Waals surface area contributed by atoms with E-state index in [4.69, 9.17) is 16.7 Å². The highest BCUT2D eigenvalue weighted by molar-refractivity contribution is 6.35. The third-order valence-electron chi connectivity index (χ3n) is 2.07. The highest BCUT2D eigenvalue weighted by atomic mass is 35.5. The Labute approximate surface area is 124 Å². The highest BCUT2D eigenvalue weighted by Gasteiger charge is 2.37. The number of aliphatic carboxylic acids is 1. The average molecular weight is 336 g/mol. The molecule has 0 saturated carbocycles. The summed E-state index contributed by atoms with van der Waals surface area (Å²) in [6.07, 6.45) is -3.51. The summed E-state index contributed by atoms with van der Waals surface area (Å²) < 4.78 is 37.1. The Hall–Kier alpha value is -2.76. The van der Waals surface area contributed by atoms with Crippen LogP contribution in [0.1, 0.15) is 5.82 Å². The quantitative estimate of drug-likeness (QED) is 0.479. The van der Waals surface area contributed by atoms with Gasteiger partial charge in [0.25, 0.3) is 11.7 Å². The lowest BCUT2D eigenvalue weighted by Gasteiger charge is -2.03. The van der Waals surface area contributed by atoms with E-state index in [2.05, 4.69) is 30.9 Å². The molecule has 2 heterocycles. The molecule has 0 aliphatic heterocycles.